The SMILES string of the molecule is CN(C)c1ccc(C(c2ccc(Br)cc2)N2CCC(C(=O)O)CC2)cc1. The third kappa shape index (κ3) is 4.27. The van der Waals surface area contributed by atoms with E-state index in [1.807, 2.05) is 14.1 Å². The Kier molecular flexibility index (Phi) is 5.99. The quantitative estimate of drug-likeness (QED) is 0.783. The summed E-state index contributed by atoms with van der Waals surface area (Å²) in [6, 6.07) is 17.2. The summed E-state index contributed by atoms with van der Waals surface area (Å²) in [5, 5.41) is 9.28. The van der Waals surface area contributed by atoms with Crippen molar-refractivity contribution in [1.29, 1.82) is 0 Å². The van der Waals surface area contributed by atoms with E-state index in [0.717, 1.165) is 17.6 Å². The van der Waals surface area contributed by atoms with Gasteiger partial charge in [-0.25, -0.2) is 0 Å². The molecule has 0 bridgehead atoms. The molecule has 0 saturated carbocycles. The molecule has 1 fully saturated rings. The molecule has 0 radical (unpaired) electrons. The zero-order chi connectivity index (χ0) is 18.7. The standard InChI is InChI=1S/C21H25BrN2O2/c1-23(2)19-9-5-16(6-10-19)20(15-3-7-18(22)8-4-15)24-13-11-17(12-14-24)21(25)26/h3-10,17,20H,11-14H2,1-2H3,(H,25,26). The Morgan fingerprint density at radius 1 is 1.04 bits per heavy atom. The molecule has 4 nitrogen and oxygen atoms in total. The summed E-state index contributed by atoms with van der Waals surface area (Å²) in [5.41, 5.74) is 3.65. The van der Waals surface area contributed by atoms with Crippen molar-refractivity contribution in [2.75, 3.05) is 32.1 Å². The molecule has 138 valence electrons. The zero-order valence-corrected chi connectivity index (χ0v) is 16.8. The van der Waals surface area contributed by atoms with Crippen LogP contribution in [0.15, 0.2) is 53.0 Å². The Morgan fingerprint density at radius 3 is 2.00 bits per heavy atom. The fourth-order valence-electron chi connectivity index (χ4n) is 3.62. The van der Waals surface area contributed by atoms with Crippen LogP contribution in [0.2, 0.25) is 0 Å². The lowest BCUT2D eigenvalue weighted by molar-refractivity contribution is -0.143. The first-order chi connectivity index (χ1) is 12.5. The van der Waals surface area contributed by atoms with Crippen LogP contribution < -0.4 is 4.90 Å². The number of carboxylic acid groups (broad SMARTS) is 1. The summed E-state index contributed by atoms with van der Waals surface area (Å²) in [6.45, 7) is 1.60. The van der Waals surface area contributed by atoms with E-state index in [1.165, 1.54) is 16.8 Å². The molecule has 5 heteroatoms. The number of anilines is 1. The van der Waals surface area contributed by atoms with Crippen molar-refractivity contribution < 1.29 is 9.90 Å². The van der Waals surface area contributed by atoms with Gasteiger partial charge in [0.05, 0.1) is 12.0 Å². The third-order valence-electron chi connectivity index (χ3n) is 5.15. The van der Waals surface area contributed by atoms with Gasteiger partial charge in [0.1, 0.15) is 0 Å². The lowest BCUT2D eigenvalue weighted by atomic mass is 9.91. The lowest BCUT2D eigenvalue weighted by Gasteiger charge is -2.37. The van der Waals surface area contributed by atoms with Crippen LogP contribution in [0.25, 0.3) is 0 Å². The number of halogens is 1. The molecule has 0 aliphatic carbocycles. The second-order valence-corrected chi connectivity index (χ2v) is 8.00. The van der Waals surface area contributed by atoms with Crippen molar-refractivity contribution in [3.8, 4) is 0 Å². The van der Waals surface area contributed by atoms with Crippen molar-refractivity contribution in [1.82, 2.24) is 4.90 Å². The topological polar surface area (TPSA) is 43.8 Å². The highest BCUT2D eigenvalue weighted by molar-refractivity contribution is 9.10. The van der Waals surface area contributed by atoms with Gasteiger partial charge in [-0.05, 0) is 61.3 Å². The summed E-state index contributed by atoms with van der Waals surface area (Å²) < 4.78 is 1.06. The van der Waals surface area contributed by atoms with E-state index in [4.69, 9.17) is 0 Å². The predicted octanol–water partition coefficient (Wildman–Crippen LogP) is 4.40. The monoisotopic (exact) mass is 416 g/mol. The first kappa shape index (κ1) is 18.9. The smallest absolute Gasteiger partial charge is 0.306 e. The van der Waals surface area contributed by atoms with Gasteiger partial charge in [-0.2, -0.15) is 0 Å². The molecule has 0 spiro atoms. The normalized spacial score (nSPS) is 17.0. The van der Waals surface area contributed by atoms with Crippen LogP contribution in [-0.4, -0.2) is 43.2 Å². The van der Waals surface area contributed by atoms with E-state index in [2.05, 4.69) is 74.3 Å². The van der Waals surface area contributed by atoms with Crippen LogP contribution in [0.4, 0.5) is 5.69 Å². The molecule has 0 aromatic heterocycles. The van der Waals surface area contributed by atoms with Gasteiger partial charge in [0.25, 0.3) is 0 Å². The number of nitrogens with zero attached hydrogens (tertiary/aromatic N) is 2. The third-order valence-corrected chi connectivity index (χ3v) is 5.68. The molecule has 1 unspecified atom stereocenters. The highest BCUT2D eigenvalue weighted by Gasteiger charge is 2.30. The molecular weight excluding hydrogens is 392 g/mol. The number of aliphatic carboxylic acids is 1. The van der Waals surface area contributed by atoms with Crippen LogP contribution in [0.5, 0.6) is 0 Å². The van der Waals surface area contributed by atoms with Gasteiger partial charge in [-0.15, -0.1) is 0 Å². The first-order valence-electron chi connectivity index (χ1n) is 8.95. The Morgan fingerprint density at radius 2 is 1.54 bits per heavy atom. The van der Waals surface area contributed by atoms with Gasteiger partial charge in [0, 0.05) is 24.3 Å². The van der Waals surface area contributed by atoms with Gasteiger partial charge in [-0.1, -0.05) is 40.2 Å². The largest absolute Gasteiger partial charge is 0.481 e. The minimum absolute atomic E-state index is 0.147. The van der Waals surface area contributed by atoms with Crippen molar-refractivity contribution >= 4 is 27.6 Å². The van der Waals surface area contributed by atoms with Gasteiger partial charge in [-0.3, -0.25) is 9.69 Å². The molecular formula is C21H25BrN2O2. The van der Waals surface area contributed by atoms with Crippen molar-refractivity contribution in [3.05, 3.63) is 64.1 Å². The van der Waals surface area contributed by atoms with Gasteiger partial charge >= 0.3 is 5.97 Å². The molecule has 1 aliphatic rings. The summed E-state index contributed by atoms with van der Waals surface area (Å²) in [4.78, 5) is 15.8. The van der Waals surface area contributed by atoms with E-state index >= 15 is 0 Å². The maximum Gasteiger partial charge on any atom is 0.306 e. The molecule has 0 amide bonds. The maximum atomic E-state index is 11.3. The number of piperidine rings is 1. The Hall–Kier alpha value is -1.85. The number of hydrogen-bond acceptors (Lipinski definition) is 3. The van der Waals surface area contributed by atoms with E-state index in [-0.39, 0.29) is 12.0 Å². The predicted molar refractivity (Wildman–Crippen MR) is 109 cm³/mol. The molecule has 2 aromatic carbocycles. The molecule has 1 saturated heterocycles. The van der Waals surface area contributed by atoms with E-state index in [1.54, 1.807) is 0 Å². The average molecular weight is 417 g/mol. The van der Waals surface area contributed by atoms with E-state index in [0.29, 0.717) is 12.8 Å². The van der Waals surface area contributed by atoms with Crippen molar-refractivity contribution in [2.24, 2.45) is 5.92 Å². The number of carboxylic acids is 1. The highest BCUT2D eigenvalue weighted by atomic mass is 79.9. The minimum atomic E-state index is -0.667. The van der Waals surface area contributed by atoms with Gasteiger partial charge in [0.15, 0.2) is 0 Å². The summed E-state index contributed by atoms with van der Waals surface area (Å²) in [5.74, 6) is -0.881. The lowest BCUT2D eigenvalue weighted by Crippen LogP contribution is -2.39. The summed E-state index contributed by atoms with van der Waals surface area (Å²) >= 11 is 3.51. The fraction of sp³-hybridized carbons (Fsp3) is 0.381. The van der Waals surface area contributed by atoms with E-state index in [9.17, 15) is 9.90 Å². The average Bonchev–Trinajstić information content (AvgIpc) is 2.64. The molecule has 3 rings (SSSR count). The Bertz CT molecular complexity index is 736. The fourth-order valence-corrected chi connectivity index (χ4v) is 3.88. The Balaban J connectivity index is 1.89. The van der Waals surface area contributed by atoms with Crippen LogP contribution in [0, 0.1) is 5.92 Å². The minimum Gasteiger partial charge on any atom is -0.481 e. The molecule has 2 aromatic rings. The molecule has 1 heterocycles. The molecule has 26 heavy (non-hydrogen) atoms. The number of likely N-dealkylation sites (tertiary alicyclic amines) is 1. The second kappa shape index (κ2) is 8.23. The van der Waals surface area contributed by atoms with Gasteiger partial charge < -0.3 is 10.0 Å². The van der Waals surface area contributed by atoms with Crippen molar-refractivity contribution in [3.63, 3.8) is 0 Å². The second-order valence-electron chi connectivity index (χ2n) is 7.09. The number of benzene rings is 2. The summed E-state index contributed by atoms with van der Waals surface area (Å²) in [6.07, 6.45) is 1.41. The highest BCUT2D eigenvalue weighted by Crippen LogP contribution is 2.33. The van der Waals surface area contributed by atoms with Crippen LogP contribution in [0.1, 0.15) is 30.0 Å². The number of rotatable bonds is 5. The molecule has 1 aliphatic heterocycles. The van der Waals surface area contributed by atoms with Crippen LogP contribution in [0.3, 0.4) is 0 Å². The number of carbonyl (C=O) groups is 1. The zero-order valence-electron chi connectivity index (χ0n) is 15.2. The summed E-state index contributed by atoms with van der Waals surface area (Å²) in [7, 11) is 4.08. The maximum absolute atomic E-state index is 11.3. The molecule has 1 atom stereocenters. The van der Waals surface area contributed by atoms with Gasteiger partial charge in [0.2, 0.25) is 0 Å². The van der Waals surface area contributed by atoms with Crippen LogP contribution >= 0.6 is 15.9 Å². The Labute approximate surface area is 163 Å². The first-order valence-corrected chi connectivity index (χ1v) is 9.74. The van der Waals surface area contributed by atoms with E-state index < -0.39 is 5.97 Å². The molecule has 1 N–H and O–H groups in total. The van der Waals surface area contributed by atoms with Crippen LogP contribution in [-0.2, 0) is 4.79 Å². The van der Waals surface area contributed by atoms with Crippen molar-refractivity contribution in [2.45, 2.75) is 18.9 Å². The number of hydrogen-bond donors (Lipinski definition) is 1.